The van der Waals surface area contributed by atoms with Crippen LogP contribution in [-0.2, 0) is 19.1 Å². The summed E-state index contributed by atoms with van der Waals surface area (Å²) in [7, 11) is 0. The summed E-state index contributed by atoms with van der Waals surface area (Å²) < 4.78 is 10.8. The molecular weight excluding hydrogens is 328 g/mol. The fourth-order valence-corrected chi connectivity index (χ4v) is 4.12. The molecule has 0 aromatic heterocycles. The van der Waals surface area contributed by atoms with E-state index in [4.69, 9.17) is 9.47 Å². The molecule has 0 N–H and O–H groups in total. The second-order valence-corrected chi connectivity index (χ2v) is 6.81. The molecule has 0 radical (unpaired) electrons. The molecule has 2 aromatic rings. The maximum Gasteiger partial charge on any atom is 0.302 e. The van der Waals surface area contributed by atoms with Crippen molar-refractivity contribution in [2.75, 3.05) is 13.2 Å². The summed E-state index contributed by atoms with van der Waals surface area (Å²) in [6.07, 6.45) is 0. The fraction of sp³-hybridized carbons (Fsp3) is 0.364. The van der Waals surface area contributed by atoms with Gasteiger partial charge >= 0.3 is 11.9 Å². The van der Waals surface area contributed by atoms with Gasteiger partial charge in [0.05, 0.1) is 13.2 Å². The summed E-state index contributed by atoms with van der Waals surface area (Å²) in [5.41, 5.74) is 2.38. The standard InChI is InChI=1S/C22H24O4/c1-15(23)25-13-19-21(17-9-5-3-6-10-17)20(14-26-16(2)24)22(19)18-11-7-4-8-12-18/h3-12,19-22H,13-14H2,1-2H3. The minimum atomic E-state index is -0.271. The SMILES string of the molecule is CC(=O)OCC1C(c2ccccc2)C(COC(C)=O)C1c1ccccc1. The second-order valence-electron chi connectivity index (χ2n) is 6.81. The van der Waals surface area contributed by atoms with E-state index in [1.807, 2.05) is 36.4 Å². The number of carbonyl (C=O) groups is 2. The van der Waals surface area contributed by atoms with Crippen molar-refractivity contribution in [2.24, 2.45) is 11.8 Å². The van der Waals surface area contributed by atoms with Crippen molar-refractivity contribution >= 4 is 11.9 Å². The molecule has 1 saturated carbocycles. The van der Waals surface area contributed by atoms with Gasteiger partial charge in [-0.05, 0) is 23.0 Å². The first-order chi connectivity index (χ1) is 12.6. The summed E-state index contributed by atoms with van der Waals surface area (Å²) in [6, 6.07) is 20.4. The summed E-state index contributed by atoms with van der Waals surface area (Å²) >= 11 is 0. The van der Waals surface area contributed by atoms with Gasteiger partial charge in [-0.3, -0.25) is 9.59 Å². The Morgan fingerprint density at radius 1 is 0.692 bits per heavy atom. The summed E-state index contributed by atoms with van der Waals surface area (Å²) in [4.78, 5) is 22.8. The van der Waals surface area contributed by atoms with Crippen molar-refractivity contribution in [1.29, 1.82) is 0 Å². The van der Waals surface area contributed by atoms with Crippen LogP contribution in [0.4, 0.5) is 0 Å². The zero-order valence-corrected chi connectivity index (χ0v) is 15.1. The zero-order valence-electron chi connectivity index (χ0n) is 15.1. The van der Waals surface area contributed by atoms with Crippen molar-refractivity contribution in [1.82, 2.24) is 0 Å². The number of benzene rings is 2. The highest BCUT2D eigenvalue weighted by molar-refractivity contribution is 5.66. The van der Waals surface area contributed by atoms with E-state index in [0.29, 0.717) is 13.2 Å². The van der Waals surface area contributed by atoms with Gasteiger partial charge in [0.25, 0.3) is 0 Å². The Hall–Kier alpha value is -2.62. The third-order valence-electron chi connectivity index (χ3n) is 5.17. The molecule has 1 aliphatic rings. The third kappa shape index (κ3) is 3.96. The van der Waals surface area contributed by atoms with Gasteiger partial charge in [0, 0.05) is 25.7 Å². The lowest BCUT2D eigenvalue weighted by Crippen LogP contribution is -2.48. The Bertz CT molecular complexity index is 668. The van der Waals surface area contributed by atoms with Crippen LogP contribution in [0.1, 0.15) is 36.8 Å². The molecule has 2 aromatic carbocycles. The Morgan fingerprint density at radius 2 is 1.04 bits per heavy atom. The molecule has 1 aliphatic carbocycles. The second kappa shape index (κ2) is 8.17. The predicted molar refractivity (Wildman–Crippen MR) is 98.6 cm³/mol. The van der Waals surface area contributed by atoms with Crippen molar-refractivity contribution in [3.05, 3.63) is 71.8 Å². The first-order valence-corrected chi connectivity index (χ1v) is 8.94. The van der Waals surface area contributed by atoms with Crippen LogP contribution in [0.3, 0.4) is 0 Å². The summed E-state index contributed by atoms with van der Waals surface area (Å²) in [5, 5.41) is 0. The molecule has 0 saturated heterocycles. The molecule has 1 fully saturated rings. The topological polar surface area (TPSA) is 52.6 Å². The van der Waals surface area contributed by atoms with Gasteiger partial charge in [0.15, 0.2) is 0 Å². The first-order valence-electron chi connectivity index (χ1n) is 8.94. The van der Waals surface area contributed by atoms with E-state index < -0.39 is 0 Å². The van der Waals surface area contributed by atoms with E-state index in [1.165, 1.54) is 25.0 Å². The Labute approximate surface area is 154 Å². The lowest BCUT2D eigenvalue weighted by Gasteiger charge is -2.52. The molecule has 136 valence electrons. The van der Waals surface area contributed by atoms with Crippen LogP contribution in [0.5, 0.6) is 0 Å². The van der Waals surface area contributed by atoms with Crippen LogP contribution in [0.15, 0.2) is 60.7 Å². The fourth-order valence-electron chi connectivity index (χ4n) is 4.12. The van der Waals surface area contributed by atoms with Crippen molar-refractivity contribution in [3.8, 4) is 0 Å². The van der Waals surface area contributed by atoms with Crippen LogP contribution in [0.2, 0.25) is 0 Å². The maximum atomic E-state index is 11.4. The van der Waals surface area contributed by atoms with Crippen LogP contribution < -0.4 is 0 Å². The molecule has 4 nitrogen and oxygen atoms in total. The van der Waals surface area contributed by atoms with E-state index in [-0.39, 0.29) is 35.6 Å². The molecule has 26 heavy (non-hydrogen) atoms. The van der Waals surface area contributed by atoms with Crippen molar-refractivity contribution < 1.29 is 19.1 Å². The van der Waals surface area contributed by atoms with Gasteiger partial charge in [-0.2, -0.15) is 0 Å². The van der Waals surface area contributed by atoms with E-state index >= 15 is 0 Å². The Balaban J connectivity index is 1.92. The lowest BCUT2D eigenvalue weighted by atomic mass is 9.53. The highest BCUT2D eigenvalue weighted by Gasteiger charge is 2.52. The van der Waals surface area contributed by atoms with Crippen LogP contribution in [-0.4, -0.2) is 25.2 Å². The average Bonchev–Trinajstić information content (AvgIpc) is 2.62. The number of hydrogen-bond donors (Lipinski definition) is 0. The zero-order chi connectivity index (χ0) is 18.5. The number of hydrogen-bond acceptors (Lipinski definition) is 4. The van der Waals surface area contributed by atoms with Crippen LogP contribution in [0, 0.1) is 11.8 Å². The number of ether oxygens (including phenoxy) is 2. The van der Waals surface area contributed by atoms with Crippen LogP contribution in [0.25, 0.3) is 0 Å². The Kier molecular flexibility index (Phi) is 5.71. The number of rotatable bonds is 6. The van der Waals surface area contributed by atoms with Crippen LogP contribution >= 0.6 is 0 Å². The normalized spacial score (nSPS) is 24.4. The minimum Gasteiger partial charge on any atom is -0.466 e. The van der Waals surface area contributed by atoms with Gasteiger partial charge in [-0.15, -0.1) is 0 Å². The smallest absolute Gasteiger partial charge is 0.302 e. The maximum absolute atomic E-state index is 11.4. The molecule has 0 unspecified atom stereocenters. The van der Waals surface area contributed by atoms with Crippen molar-refractivity contribution in [2.45, 2.75) is 25.7 Å². The van der Waals surface area contributed by atoms with E-state index in [9.17, 15) is 9.59 Å². The summed E-state index contributed by atoms with van der Waals surface area (Å²) in [6.45, 7) is 3.60. The van der Waals surface area contributed by atoms with E-state index in [2.05, 4.69) is 24.3 Å². The van der Waals surface area contributed by atoms with Gasteiger partial charge in [-0.1, -0.05) is 60.7 Å². The van der Waals surface area contributed by atoms with Crippen molar-refractivity contribution in [3.63, 3.8) is 0 Å². The van der Waals surface area contributed by atoms with Gasteiger partial charge in [0.1, 0.15) is 0 Å². The van der Waals surface area contributed by atoms with E-state index in [0.717, 1.165) is 0 Å². The van der Waals surface area contributed by atoms with Gasteiger partial charge in [0.2, 0.25) is 0 Å². The number of esters is 2. The quantitative estimate of drug-likeness (QED) is 0.739. The highest BCUT2D eigenvalue weighted by Crippen LogP contribution is 2.57. The highest BCUT2D eigenvalue weighted by atomic mass is 16.5. The molecule has 0 spiro atoms. The molecule has 0 heterocycles. The molecule has 3 rings (SSSR count). The third-order valence-corrected chi connectivity index (χ3v) is 5.17. The summed E-state index contributed by atoms with van der Waals surface area (Å²) in [5.74, 6) is 0.132. The van der Waals surface area contributed by atoms with E-state index in [1.54, 1.807) is 0 Å². The molecule has 0 amide bonds. The molecule has 0 aliphatic heterocycles. The number of carbonyl (C=O) groups excluding carboxylic acids is 2. The largest absolute Gasteiger partial charge is 0.466 e. The molecule has 4 heteroatoms. The van der Waals surface area contributed by atoms with Gasteiger partial charge in [-0.25, -0.2) is 0 Å². The molecular formula is C22H24O4. The average molecular weight is 352 g/mol. The Morgan fingerprint density at radius 3 is 1.35 bits per heavy atom. The predicted octanol–water partition coefficient (Wildman–Crippen LogP) is 3.93. The molecule has 0 atom stereocenters. The first kappa shape index (κ1) is 18.2. The monoisotopic (exact) mass is 352 g/mol. The van der Waals surface area contributed by atoms with Gasteiger partial charge < -0.3 is 9.47 Å². The molecule has 0 bridgehead atoms. The minimum absolute atomic E-state index is 0.157. The lowest BCUT2D eigenvalue weighted by molar-refractivity contribution is -0.149.